The average molecular weight is 205 g/mol. The molecule has 1 heterocycles. The van der Waals surface area contributed by atoms with Crippen LogP contribution in [-0.4, -0.2) is 18.1 Å². The van der Waals surface area contributed by atoms with Crippen LogP contribution in [0.4, 0.5) is 0 Å². The highest BCUT2D eigenvalue weighted by atomic mass is 16.6. The van der Waals surface area contributed by atoms with Gasteiger partial charge in [-0.15, -0.1) is 0 Å². The Labute approximate surface area is 89.4 Å². The van der Waals surface area contributed by atoms with Crippen LogP contribution < -0.4 is 5.32 Å². The Morgan fingerprint density at radius 1 is 1.47 bits per heavy atom. The summed E-state index contributed by atoms with van der Waals surface area (Å²) in [7, 11) is 0. The molecule has 1 amide bonds. The molecule has 1 aromatic rings. The lowest BCUT2D eigenvalue weighted by molar-refractivity contribution is -0.122. The fourth-order valence-corrected chi connectivity index (χ4v) is 1.42. The first-order valence-corrected chi connectivity index (χ1v) is 5.13. The Balaban J connectivity index is 1.76. The van der Waals surface area contributed by atoms with E-state index in [0.29, 0.717) is 19.6 Å². The van der Waals surface area contributed by atoms with E-state index in [1.54, 1.807) is 0 Å². The number of nitrogens with one attached hydrogen (secondary N) is 1. The average Bonchev–Trinajstić information content (AvgIpc) is 2.95. The van der Waals surface area contributed by atoms with Crippen LogP contribution in [0.15, 0.2) is 30.3 Å². The van der Waals surface area contributed by atoms with E-state index in [1.807, 2.05) is 37.3 Å². The van der Waals surface area contributed by atoms with Gasteiger partial charge in [-0.25, -0.2) is 0 Å². The molecule has 80 valence electrons. The highest BCUT2D eigenvalue weighted by Crippen LogP contribution is 2.29. The topological polar surface area (TPSA) is 41.6 Å². The van der Waals surface area contributed by atoms with E-state index < -0.39 is 0 Å². The monoisotopic (exact) mass is 205 g/mol. The number of epoxide rings is 1. The van der Waals surface area contributed by atoms with E-state index in [9.17, 15) is 4.79 Å². The van der Waals surface area contributed by atoms with Crippen molar-refractivity contribution in [1.29, 1.82) is 0 Å². The van der Waals surface area contributed by atoms with Gasteiger partial charge in [0.25, 0.3) is 0 Å². The first-order valence-electron chi connectivity index (χ1n) is 5.13. The van der Waals surface area contributed by atoms with E-state index in [2.05, 4.69) is 5.32 Å². The predicted octanol–water partition coefficient (Wildman–Crippen LogP) is 1.48. The maximum atomic E-state index is 11.5. The van der Waals surface area contributed by atoms with E-state index in [1.165, 1.54) is 0 Å². The molecule has 1 N–H and O–H groups in total. The second kappa shape index (κ2) is 4.03. The van der Waals surface area contributed by atoms with Gasteiger partial charge in [-0.2, -0.15) is 0 Å². The third-order valence-electron chi connectivity index (χ3n) is 2.50. The Morgan fingerprint density at radius 3 is 2.73 bits per heavy atom. The normalized spacial score (nSPS) is 23.5. The van der Waals surface area contributed by atoms with Gasteiger partial charge in [-0.3, -0.25) is 4.79 Å². The summed E-state index contributed by atoms with van der Waals surface area (Å²) in [5.74, 6) is 0.0545. The Morgan fingerprint density at radius 2 is 2.13 bits per heavy atom. The minimum Gasteiger partial charge on any atom is -0.369 e. The summed E-state index contributed by atoms with van der Waals surface area (Å²) >= 11 is 0. The molecule has 0 spiro atoms. The maximum Gasteiger partial charge on any atom is 0.223 e. The lowest BCUT2D eigenvalue weighted by atomic mass is 10.1. The van der Waals surface area contributed by atoms with Gasteiger partial charge >= 0.3 is 0 Å². The molecule has 1 saturated heterocycles. The van der Waals surface area contributed by atoms with E-state index in [-0.39, 0.29) is 11.5 Å². The van der Waals surface area contributed by atoms with Crippen molar-refractivity contribution in [2.75, 3.05) is 6.61 Å². The largest absolute Gasteiger partial charge is 0.369 e. The molecule has 0 aromatic heterocycles. The standard InChI is InChI=1S/C12H15NO2/c1-12(9-15-12)7-11(14)13-8-10-5-3-2-4-6-10/h2-6H,7-9H2,1H3,(H,13,14). The summed E-state index contributed by atoms with van der Waals surface area (Å²) in [5.41, 5.74) is 0.925. The molecule has 1 unspecified atom stereocenters. The number of rotatable bonds is 4. The Bertz CT molecular complexity index is 344. The number of amides is 1. The quantitative estimate of drug-likeness (QED) is 0.756. The van der Waals surface area contributed by atoms with Crippen molar-refractivity contribution < 1.29 is 9.53 Å². The summed E-state index contributed by atoms with van der Waals surface area (Å²) in [5, 5.41) is 2.88. The van der Waals surface area contributed by atoms with Crippen LogP contribution in [0.25, 0.3) is 0 Å². The molecule has 0 saturated carbocycles. The van der Waals surface area contributed by atoms with Crippen LogP contribution in [0.5, 0.6) is 0 Å². The van der Waals surface area contributed by atoms with E-state index >= 15 is 0 Å². The smallest absolute Gasteiger partial charge is 0.223 e. The number of carbonyl (C=O) groups is 1. The molecule has 1 aliphatic rings. The van der Waals surface area contributed by atoms with Crippen molar-refractivity contribution in [3.63, 3.8) is 0 Å². The van der Waals surface area contributed by atoms with Crippen LogP contribution in [0.2, 0.25) is 0 Å². The van der Waals surface area contributed by atoms with Crippen molar-refractivity contribution >= 4 is 5.91 Å². The van der Waals surface area contributed by atoms with Gasteiger partial charge in [0.15, 0.2) is 0 Å². The highest BCUT2D eigenvalue weighted by molar-refractivity contribution is 5.77. The van der Waals surface area contributed by atoms with Crippen molar-refractivity contribution in [3.05, 3.63) is 35.9 Å². The summed E-state index contributed by atoms with van der Waals surface area (Å²) in [6.07, 6.45) is 0.458. The fourth-order valence-electron chi connectivity index (χ4n) is 1.42. The number of hydrogen-bond donors (Lipinski definition) is 1. The van der Waals surface area contributed by atoms with Crippen molar-refractivity contribution in [2.45, 2.75) is 25.5 Å². The van der Waals surface area contributed by atoms with Gasteiger partial charge in [-0.05, 0) is 12.5 Å². The zero-order valence-corrected chi connectivity index (χ0v) is 8.82. The molecule has 3 nitrogen and oxygen atoms in total. The van der Waals surface area contributed by atoms with Crippen LogP contribution in [0.3, 0.4) is 0 Å². The number of hydrogen-bond acceptors (Lipinski definition) is 2. The van der Waals surface area contributed by atoms with Crippen LogP contribution in [0.1, 0.15) is 18.9 Å². The van der Waals surface area contributed by atoms with Gasteiger partial charge in [0.05, 0.1) is 18.6 Å². The molecular weight excluding hydrogens is 190 g/mol. The Kier molecular flexibility index (Phi) is 2.73. The van der Waals surface area contributed by atoms with Gasteiger partial charge < -0.3 is 10.1 Å². The van der Waals surface area contributed by atoms with Crippen LogP contribution >= 0.6 is 0 Å². The van der Waals surface area contributed by atoms with Crippen LogP contribution in [0, 0.1) is 0 Å². The van der Waals surface area contributed by atoms with E-state index in [4.69, 9.17) is 4.74 Å². The number of benzene rings is 1. The molecular formula is C12H15NO2. The predicted molar refractivity (Wildman–Crippen MR) is 57.3 cm³/mol. The molecule has 0 aliphatic carbocycles. The van der Waals surface area contributed by atoms with Crippen molar-refractivity contribution in [1.82, 2.24) is 5.32 Å². The molecule has 1 aromatic carbocycles. The van der Waals surface area contributed by atoms with Gasteiger partial charge in [0.2, 0.25) is 5.91 Å². The fraction of sp³-hybridized carbons (Fsp3) is 0.417. The third-order valence-corrected chi connectivity index (χ3v) is 2.50. The maximum absolute atomic E-state index is 11.5. The second-order valence-corrected chi connectivity index (χ2v) is 4.18. The molecule has 0 bridgehead atoms. The van der Waals surface area contributed by atoms with Crippen molar-refractivity contribution in [3.8, 4) is 0 Å². The molecule has 0 radical (unpaired) electrons. The lowest BCUT2D eigenvalue weighted by Gasteiger charge is -2.07. The first-order chi connectivity index (χ1) is 7.18. The molecule has 1 atom stereocenters. The third kappa shape index (κ3) is 3.06. The minimum absolute atomic E-state index is 0.0545. The lowest BCUT2D eigenvalue weighted by Crippen LogP contribution is -2.27. The van der Waals surface area contributed by atoms with Gasteiger partial charge in [-0.1, -0.05) is 30.3 Å². The highest BCUT2D eigenvalue weighted by Gasteiger charge is 2.41. The molecule has 3 heteroatoms. The first kappa shape index (κ1) is 10.2. The summed E-state index contributed by atoms with van der Waals surface area (Å²) in [4.78, 5) is 11.5. The van der Waals surface area contributed by atoms with Crippen molar-refractivity contribution in [2.24, 2.45) is 0 Å². The summed E-state index contributed by atoms with van der Waals surface area (Å²) in [6, 6.07) is 9.88. The summed E-state index contributed by atoms with van der Waals surface area (Å²) in [6.45, 7) is 3.25. The second-order valence-electron chi connectivity index (χ2n) is 4.18. The molecule has 1 fully saturated rings. The van der Waals surface area contributed by atoms with Gasteiger partial charge in [0, 0.05) is 6.54 Å². The molecule has 2 rings (SSSR count). The zero-order valence-electron chi connectivity index (χ0n) is 8.82. The Hall–Kier alpha value is -1.35. The number of carbonyl (C=O) groups excluding carboxylic acids is 1. The van der Waals surface area contributed by atoms with E-state index in [0.717, 1.165) is 5.56 Å². The SMILES string of the molecule is CC1(CC(=O)NCc2ccccc2)CO1. The molecule has 1 aliphatic heterocycles. The summed E-state index contributed by atoms with van der Waals surface area (Å²) < 4.78 is 5.16. The van der Waals surface area contributed by atoms with Crippen LogP contribution in [-0.2, 0) is 16.1 Å². The zero-order chi connectivity index (χ0) is 10.7. The number of ether oxygens (including phenoxy) is 1. The van der Waals surface area contributed by atoms with Gasteiger partial charge in [0.1, 0.15) is 0 Å². The minimum atomic E-state index is -0.194. The molecule has 15 heavy (non-hydrogen) atoms.